The van der Waals surface area contributed by atoms with Gasteiger partial charge in [0.2, 0.25) is 0 Å². The van der Waals surface area contributed by atoms with Gasteiger partial charge in [-0.2, -0.15) is 0 Å². The molecule has 1 heterocycles. The maximum Gasteiger partial charge on any atom is 0.280 e. The Labute approximate surface area is 195 Å². The van der Waals surface area contributed by atoms with E-state index in [-0.39, 0.29) is 21.7 Å². The predicted octanol–water partition coefficient (Wildman–Crippen LogP) is 5.05. The van der Waals surface area contributed by atoms with Gasteiger partial charge >= 0.3 is 0 Å². The van der Waals surface area contributed by atoms with Crippen LogP contribution in [0.5, 0.6) is 0 Å². The quantitative estimate of drug-likeness (QED) is 0.384. The van der Waals surface area contributed by atoms with Crippen LogP contribution in [-0.2, 0) is 19.5 Å². The number of halogens is 1. The molecule has 1 aliphatic rings. The van der Waals surface area contributed by atoms with Gasteiger partial charge in [0.15, 0.2) is 20.7 Å². The lowest BCUT2D eigenvalue weighted by molar-refractivity contribution is -0.110. The number of anilines is 1. The minimum absolute atomic E-state index is 0.0109. The van der Waals surface area contributed by atoms with E-state index in [1.165, 1.54) is 29.5 Å². The summed E-state index contributed by atoms with van der Waals surface area (Å²) in [4.78, 5) is 23.3. The molecule has 0 spiro atoms. The molecule has 0 bridgehead atoms. The third-order valence-corrected chi connectivity index (χ3v) is 7.71. The van der Waals surface area contributed by atoms with Crippen LogP contribution in [0, 0.1) is 0 Å². The molecule has 4 rings (SSSR count). The number of hydrogen-bond acceptors (Lipinski definition) is 7. The lowest BCUT2D eigenvalue weighted by Crippen LogP contribution is -2.25. The van der Waals surface area contributed by atoms with Crippen molar-refractivity contribution in [1.29, 1.82) is 0 Å². The Morgan fingerprint density at radius 3 is 2.62 bits per heavy atom. The van der Waals surface area contributed by atoms with Crippen LogP contribution >= 0.6 is 22.9 Å². The van der Waals surface area contributed by atoms with Crippen molar-refractivity contribution in [1.82, 2.24) is 4.98 Å². The number of nitrogens with zero attached hydrogens (tertiary/aromatic N) is 2. The minimum Gasteiger partial charge on any atom is -0.392 e. The molecule has 3 aromatic rings. The van der Waals surface area contributed by atoms with Gasteiger partial charge in [-0.15, -0.1) is 0 Å². The van der Waals surface area contributed by atoms with Crippen LogP contribution in [0.4, 0.5) is 5.13 Å². The number of benzene rings is 2. The number of carbonyl (C=O) groups excluding carboxylic acids is 1. The van der Waals surface area contributed by atoms with Crippen molar-refractivity contribution in [2.24, 2.45) is 5.16 Å². The summed E-state index contributed by atoms with van der Waals surface area (Å²) in [6, 6.07) is 11.9. The predicted molar refractivity (Wildman–Crippen MR) is 127 cm³/mol. The normalized spacial score (nSPS) is 15.6. The van der Waals surface area contributed by atoms with Crippen LogP contribution in [0.25, 0.3) is 10.2 Å². The lowest BCUT2D eigenvalue weighted by Gasteiger charge is -2.20. The zero-order valence-electron chi connectivity index (χ0n) is 17.4. The Hall–Kier alpha value is -2.49. The highest BCUT2D eigenvalue weighted by Gasteiger charge is 2.22. The van der Waals surface area contributed by atoms with Gasteiger partial charge in [0, 0.05) is 11.8 Å². The van der Waals surface area contributed by atoms with Gasteiger partial charge in [-0.25, -0.2) is 13.4 Å². The van der Waals surface area contributed by atoms with E-state index < -0.39 is 15.7 Å². The van der Waals surface area contributed by atoms with E-state index in [0.717, 1.165) is 48.6 Å². The maximum atomic E-state index is 13.1. The summed E-state index contributed by atoms with van der Waals surface area (Å²) in [6.07, 6.45) is 6.06. The Morgan fingerprint density at radius 1 is 1.19 bits per heavy atom. The molecule has 1 aliphatic carbocycles. The molecule has 0 saturated heterocycles. The van der Waals surface area contributed by atoms with Crippen molar-refractivity contribution in [2.45, 2.75) is 43.1 Å². The molecule has 1 aromatic heterocycles. The first-order chi connectivity index (χ1) is 15.3. The largest absolute Gasteiger partial charge is 0.392 e. The SMILES string of the molecule is CS(=O)(=O)c1ccc(/C(=N/OC2CCCCC2)C(=O)Nc2nc3ccccc3s2)cc1Cl. The molecule has 7 nitrogen and oxygen atoms in total. The number of carbonyl (C=O) groups is 1. The fraction of sp³-hybridized carbons (Fsp3) is 0.318. The van der Waals surface area contributed by atoms with Gasteiger partial charge in [-0.1, -0.05) is 52.7 Å². The number of hydrogen-bond donors (Lipinski definition) is 1. The highest BCUT2D eigenvalue weighted by atomic mass is 35.5. The number of sulfone groups is 1. The first-order valence-corrected chi connectivity index (χ1v) is 13.3. The third kappa shape index (κ3) is 5.28. The smallest absolute Gasteiger partial charge is 0.280 e. The van der Waals surface area contributed by atoms with Crippen molar-refractivity contribution in [3.63, 3.8) is 0 Å². The van der Waals surface area contributed by atoms with E-state index in [4.69, 9.17) is 16.4 Å². The number of rotatable bonds is 6. The molecule has 1 N–H and O–H groups in total. The molecular weight excluding hydrogens is 470 g/mol. The van der Waals surface area contributed by atoms with E-state index in [2.05, 4.69) is 15.5 Å². The molecule has 168 valence electrons. The Balaban J connectivity index is 1.64. The summed E-state index contributed by atoms with van der Waals surface area (Å²) in [6.45, 7) is 0. The maximum absolute atomic E-state index is 13.1. The van der Waals surface area contributed by atoms with Crippen LogP contribution in [0.1, 0.15) is 37.7 Å². The monoisotopic (exact) mass is 491 g/mol. The molecule has 0 radical (unpaired) electrons. The number of amides is 1. The highest BCUT2D eigenvalue weighted by molar-refractivity contribution is 7.90. The minimum atomic E-state index is -3.50. The zero-order chi connectivity index (χ0) is 22.7. The Kier molecular flexibility index (Phi) is 6.78. The summed E-state index contributed by atoms with van der Waals surface area (Å²) in [5.41, 5.74) is 1.15. The Morgan fingerprint density at radius 2 is 1.94 bits per heavy atom. The second-order valence-corrected chi connectivity index (χ2v) is 11.1. The molecule has 1 saturated carbocycles. The molecule has 2 aromatic carbocycles. The number of aromatic nitrogens is 1. The fourth-order valence-electron chi connectivity index (χ4n) is 3.55. The fourth-order valence-corrected chi connectivity index (χ4v) is 5.74. The van der Waals surface area contributed by atoms with E-state index >= 15 is 0 Å². The van der Waals surface area contributed by atoms with Crippen molar-refractivity contribution >= 4 is 59.7 Å². The average Bonchev–Trinajstić information content (AvgIpc) is 3.16. The number of para-hydroxylation sites is 1. The average molecular weight is 492 g/mol. The second kappa shape index (κ2) is 9.56. The van der Waals surface area contributed by atoms with E-state index in [1.807, 2.05) is 24.3 Å². The summed E-state index contributed by atoms with van der Waals surface area (Å²) in [7, 11) is -3.50. The molecular formula is C22H22ClN3O4S2. The molecule has 0 aliphatic heterocycles. The van der Waals surface area contributed by atoms with Gasteiger partial charge < -0.3 is 4.84 Å². The molecule has 0 unspecified atom stereocenters. The van der Waals surface area contributed by atoms with E-state index in [0.29, 0.717) is 10.7 Å². The van der Waals surface area contributed by atoms with Gasteiger partial charge in [0.25, 0.3) is 5.91 Å². The van der Waals surface area contributed by atoms with Gasteiger partial charge in [-0.05, 0) is 49.9 Å². The standard InChI is InChI=1S/C22H22ClN3O4S2/c1-32(28,29)19-12-11-14(13-16(19)23)20(26-30-15-7-3-2-4-8-15)21(27)25-22-24-17-9-5-6-10-18(17)31-22/h5-6,9-13,15H,2-4,7-8H2,1H3,(H,24,25,27)/b26-20-. The zero-order valence-corrected chi connectivity index (χ0v) is 19.8. The van der Waals surface area contributed by atoms with Crippen LogP contribution in [0.2, 0.25) is 5.02 Å². The lowest BCUT2D eigenvalue weighted by atomic mass is 9.98. The summed E-state index contributed by atoms with van der Waals surface area (Å²) in [5.74, 6) is -0.511. The molecule has 0 atom stereocenters. The molecule has 1 fully saturated rings. The van der Waals surface area contributed by atoms with Crippen LogP contribution in [0.3, 0.4) is 0 Å². The van der Waals surface area contributed by atoms with Crippen molar-refractivity contribution < 1.29 is 18.0 Å². The summed E-state index contributed by atoms with van der Waals surface area (Å²) >= 11 is 7.56. The van der Waals surface area contributed by atoms with Crippen LogP contribution < -0.4 is 5.32 Å². The summed E-state index contributed by atoms with van der Waals surface area (Å²) in [5, 5.41) is 7.40. The van der Waals surface area contributed by atoms with Gasteiger partial charge in [0.1, 0.15) is 6.10 Å². The number of fused-ring (bicyclic) bond motifs is 1. The van der Waals surface area contributed by atoms with Crippen molar-refractivity contribution in [3.8, 4) is 0 Å². The first kappa shape index (κ1) is 22.7. The topological polar surface area (TPSA) is 97.7 Å². The second-order valence-electron chi connectivity index (χ2n) is 7.66. The first-order valence-electron chi connectivity index (χ1n) is 10.2. The number of thiazole rings is 1. The van der Waals surface area contributed by atoms with E-state index in [9.17, 15) is 13.2 Å². The van der Waals surface area contributed by atoms with Crippen molar-refractivity contribution in [2.75, 3.05) is 11.6 Å². The van der Waals surface area contributed by atoms with Gasteiger partial charge in [0.05, 0.1) is 20.1 Å². The van der Waals surface area contributed by atoms with Crippen LogP contribution in [-0.4, -0.2) is 37.4 Å². The van der Waals surface area contributed by atoms with Crippen LogP contribution in [0.15, 0.2) is 52.5 Å². The number of nitrogens with one attached hydrogen (secondary N) is 1. The highest BCUT2D eigenvalue weighted by Crippen LogP contribution is 2.27. The number of oxime groups is 1. The molecule has 1 amide bonds. The Bertz CT molecular complexity index is 1250. The summed E-state index contributed by atoms with van der Waals surface area (Å²) < 4.78 is 24.7. The van der Waals surface area contributed by atoms with Gasteiger partial charge in [-0.3, -0.25) is 10.1 Å². The molecule has 10 heteroatoms. The third-order valence-electron chi connectivity index (χ3n) is 5.18. The van der Waals surface area contributed by atoms with E-state index in [1.54, 1.807) is 0 Å². The molecule has 32 heavy (non-hydrogen) atoms. The van der Waals surface area contributed by atoms with Crippen molar-refractivity contribution in [3.05, 3.63) is 53.1 Å².